The van der Waals surface area contributed by atoms with Crippen LogP contribution in [0.1, 0.15) is 43.9 Å². The Hall–Kier alpha value is -5.39. The largest absolute Gasteiger partial charge is 0.497 e. The van der Waals surface area contributed by atoms with Gasteiger partial charge in [-0.1, -0.05) is 17.7 Å². The van der Waals surface area contributed by atoms with Crippen molar-refractivity contribution in [1.29, 1.82) is 0 Å². The minimum atomic E-state index is -4.44. The van der Waals surface area contributed by atoms with Crippen LogP contribution in [-0.4, -0.2) is 70.2 Å². The van der Waals surface area contributed by atoms with Gasteiger partial charge in [-0.2, -0.15) is 8.42 Å². The zero-order chi connectivity index (χ0) is 39.7. The summed E-state index contributed by atoms with van der Waals surface area (Å²) >= 11 is 0. The van der Waals surface area contributed by atoms with Crippen molar-refractivity contribution in [2.75, 3.05) is 13.7 Å². The number of ether oxygens (including phenoxy) is 7. The first-order chi connectivity index (χ1) is 26.1. The van der Waals surface area contributed by atoms with Crippen LogP contribution in [0.3, 0.4) is 0 Å². The smallest absolute Gasteiger partial charge is 0.303 e. The summed E-state index contributed by atoms with van der Waals surface area (Å²) in [7, 11) is -2.94. The zero-order valence-corrected chi connectivity index (χ0v) is 31.1. The van der Waals surface area contributed by atoms with Crippen LogP contribution in [0.5, 0.6) is 11.5 Å². The summed E-state index contributed by atoms with van der Waals surface area (Å²) in [6, 6.07) is 13.9. The Balaban J connectivity index is 1.49. The average molecular weight is 786 g/mol. The minimum absolute atomic E-state index is 0.0412. The molecule has 5 atom stereocenters. The maximum Gasteiger partial charge on any atom is 0.303 e. The molecule has 0 aliphatic carbocycles. The molecule has 0 radical (unpaired) electrons. The first-order valence-electron chi connectivity index (χ1n) is 17.0. The summed E-state index contributed by atoms with van der Waals surface area (Å²) < 4.78 is 108. The molecule has 1 fully saturated rings. The number of esters is 3. The van der Waals surface area contributed by atoms with Crippen LogP contribution in [0.4, 0.5) is 8.78 Å². The lowest BCUT2D eigenvalue weighted by molar-refractivity contribution is -0.350. The van der Waals surface area contributed by atoms with Gasteiger partial charge < -0.3 is 37.6 Å². The summed E-state index contributed by atoms with van der Waals surface area (Å²) in [5.41, 5.74) is 0.571. The lowest BCUT2D eigenvalue weighted by Crippen LogP contribution is -2.70. The molecule has 0 N–H and O–H groups in total. The molecule has 2 aliphatic rings. The fraction of sp³-hybridized carbons (Fsp3) is 0.368. The highest BCUT2D eigenvalue weighted by molar-refractivity contribution is 7.90. The van der Waals surface area contributed by atoms with Crippen LogP contribution in [0.15, 0.2) is 74.4 Å². The zero-order valence-electron chi connectivity index (χ0n) is 30.3. The van der Waals surface area contributed by atoms with Gasteiger partial charge >= 0.3 is 17.9 Å². The maximum atomic E-state index is 15.1. The van der Waals surface area contributed by atoms with Gasteiger partial charge in [-0.15, -0.1) is 4.40 Å². The molecule has 292 valence electrons. The molecule has 3 heterocycles. The maximum absolute atomic E-state index is 15.1. The first-order valence-corrected chi connectivity index (χ1v) is 18.4. The van der Waals surface area contributed by atoms with Gasteiger partial charge in [0.15, 0.2) is 23.8 Å². The summed E-state index contributed by atoms with van der Waals surface area (Å²) in [4.78, 5) is 37.1. The molecule has 6 rings (SSSR count). The van der Waals surface area contributed by atoms with E-state index in [0.29, 0.717) is 17.9 Å². The van der Waals surface area contributed by atoms with Crippen LogP contribution in [0.2, 0.25) is 0 Å². The normalized spacial score (nSPS) is 22.4. The molecule has 1 spiro atoms. The number of carbonyl (C=O) groups is 3. The number of nitrogens with zero attached hydrogens (tertiary/aromatic N) is 1. The molecule has 0 unspecified atom stereocenters. The van der Waals surface area contributed by atoms with Gasteiger partial charge in [-0.25, -0.2) is 8.78 Å². The highest BCUT2D eigenvalue weighted by atomic mass is 32.2. The van der Waals surface area contributed by atoms with Gasteiger partial charge in [0.2, 0.25) is 5.55 Å². The molecule has 3 aromatic carbocycles. The number of carbonyl (C=O) groups excluding carboxylic acids is 3. The highest BCUT2D eigenvalue weighted by Gasteiger charge is 2.61. The van der Waals surface area contributed by atoms with Gasteiger partial charge in [0.05, 0.1) is 24.0 Å². The third-order valence-electron chi connectivity index (χ3n) is 8.96. The van der Waals surface area contributed by atoms with Gasteiger partial charge in [0.1, 0.15) is 35.9 Å². The van der Waals surface area contributed by atoms with Crippen LogP contribution in [0.25, 0.3) is 11.0 Å². The number of benzene rings is 3. The second-order valence-electron chi connectivity index (χ2n) is 13.0. The predicted molar refractivity (Wildman–Crippen MR) is 186 cm³/mol. The molecule has 0 saturated carbocycles. The molecule has 17 heteroatoms. The third-order valence-corrected chi connectivity index (χ3v) is 10.2. The van der Waals surface area contributed by atoms with Crippen molar-refractivity contribution >= 4 is 38.9 Å². The summed E-state index contributed by atoms with van der Waals surface area (Å²) in [5.74, 6) is -5.72. The van der Waals surface area contributed by atoms with E-state index < -0.39 is 88.5 Å². The van der Waals surface area contributed by atoms with E-state index in [0.717, 1.165) is 50.1 Å². The molecule has 55 heavy (non-hydrogen) atoms. The Bertz CT molecular complexity index is 2310. The van der Waals surface area contributed by atoms with E-state index in [4.69, 9.17) is 37.6 Å². The van der Waals surface area contributed by atoms with E-state index in [1.54, 1.807) is 37.3 Å². The standard InChI is InChI=1S/C38H37F2NO13S/c1-20-6-9-27(10-7-20)55(45,46)41-37-25(17-28-31(52-37)13-11-29(39)33(28)40)18-49-35-34(50-22(3)43)32(19-48-21(2)42)54-38(36(35)51-23(4)44)15-14-24-16-26(47-5)8-12-30(24)53-38/h6-13,16-17,32,34-36H,14-15,18-19H2,1-5H3/t32-,34+,35+,36-,38+/m1/s1. The number of sulfonamides is 1. The van der Waals surface area contributed by atoms with Crippen molar-refractivity contribution in [3.8, 4) is 11.5 Å². The Labute approximate surface area is 313 Å². The van der Waals surface area contributed by atoms with Crippen molar-refractivity contribution in [2.24, 2.45) is 4.40 Å². The summed E-state index contributed by atoms with van der Waals surface area (Å²) in [6.45, 7) is 4.04. The minimum Gasteiger partial charge on any atom is -0.497 e. The fourth-order valence-electron chi connectivity index (χ4n) is 6.43. The molecule has 14 nitrogen and oxygen atoms in total. The summed E-state index contributed by atoms with van der Waals surface area (Å²) in [5, 5.41) is -0.364. The summed E-state index contributed by atoms with van der Waals surface area (Å²) in [6.07, 6.45) is -5.36. The molecule has 2 aliphatic heterocycles. The van der Waals surface area contributed by atoms with Crippen LogP contribution in [-0.2, 0) is 61.1 Å². The fourth-order valence-corrected chi connectivity index (χ4v) is 7.39. The number of halogens is 2. The Morgan fingerprint density at radius 1 is 0.927 bits per heavy atom. The van der Waals surface area contributed by atoms with E-state index in [-0.39, 0.29) is 27.8 Å². The number of hydrogen-bond acceptors (Lipinski definition) is 13. The number of rotatable bonds is 10. The van der Waals surface area contributed by atoms with Gasteiger partial charge in [-0.3, -0.25) is 14.4 Å². The van der Waals surface area contributed by atoms with Crippen LogP contribution >= 0.6 is 0 Å². The van der Waals surface area contributed by atoms with Gasteiger partial charge in [-0.05, 0) is 67.4 Å². The lowest BCUT2D eigenvalue weighted by Gasteiger charge is -2.52. The lowest BCUT2D eigenvalue weighted by atomic mass is 9.86. The van der Waals surface area contributed by atoms with Crippen molar-refractivity contribution in [2.45, 2.75) is 82.2 Å². The van der Waals surface area contributed by atoms with E-state index in [2.05, 4.69) is 4.40 Å². The van der Waals surface area contributed by atoms with Gasteiger partial charge in [0, 0.05) is 32.8 Å². The molecule has 0 bridgehead atoms. The second-order valence-corrected chi connectivity index (χ2v) is 14.6. The first kappa shape index (κ1) is 39.3. The van der Waals surface area contributed by atoms with E-state index >= 15 is 4.39 Å². The number of aryl methyl sites for hydroxylation is 2. The quantitative estimate of drug-likeness (QED) is 0.159. The monoisotopic (exact) mass is 785 g/mol. The molecular formula is C38H37F2NO13S. The van der Waals surface area contributed by atoms with Gasteiger partial charge in [0.25, 0.3) is 15.8 Å². The number of hydrogen-bond donors (Lipinski definition) is 0. The molecule has 1 aromatic heterocycles. The van der Waals surface area contributed by atoms with Crippen LogP contribution < -0.4 is 15.0 Å². The predicted octanol–water partition coefficient (Wildman–Crippen LogP) is 4.75. The molecule has 1 saturated heterocycles. The third kappa shape index (κ3) is 8.48. The molecule has 0 amide bonds. The molecular weight excluding hydrogens is 748 g/mol. The van der Waals surface area contributed by atoms with Crippen molar-refractivity contribution < 1.29 is 69.2 Å². The van der Waals surface area contributed by atoms with E-state index in [9.17, 15) is 27.2 Å². The van der Waals surface area contributed by atoms with Crippen molar-refractivity contribution in [3.63, 3.8) is 0 Å². The van der Waals surface area contributed by atoms with Crippen molar-refractivity contribution in [1.82, 2.24) is 0 Å². The highest BCUT2D eigenvalue weighted by Crippen LogP contribution is 2.45. The SMILES string of the molecule is COc1ccc2c(c1)CC[C@]1(O2)O[C@H](COC(C)=O)[C@H](OC(C)=O)[C@H](OCc2cc3c(F)c(F)ccc3oc2=NS(=O)(=O)c2ccc(C)cc2)[C@H]1OC(C)=O. The van der Waals surface area contributed by atoms with Crippen LogP contribution in [0, 0.1) is 18.6 Å². The average Bonchev–Trinajstić information content (AvgIpc) is 3.13. The van der Waals surface area contributed by atoms with Crippen molar-refractivity contribution in [3.05, 3.63) is 94.5 Å². The Morgan fingerprint density at radius 2 is 1.65 bits per heavy atom. The number of fused-ring (bicyclic) bond motifs is 2. The second kappa shape index (κ2) is 15.8. The van der Waals surface area contributed by atoms with E-state index in [1.807, 2.05) is 0 Å². The topological polar surface area (TPSA) is 175 Å². The Kier molecular flexibility index (Phi) is 11.3. The molecule has 4 aromatic rings. The number of methoxy groups -OCH3 is 1. The Morgan fingerprint density at radius 3 is 2.33 bits per heavy atom. The van der Waals surface area contributed by atoms with E-state index in [1.165, 1.54) is 19.2 Å².